The lowest BCUT2D eigenvalue weighted by atomic mass is 10.0. The SMILES string of the molecule is Cc1ccc(S(=O)(=O)NC2(C(=O)O)CCSC2)cc1F. The minimum Gasteiger partial charge on any atom is -0.480 e. The Balaban J connectivity index is 2.35. The zero-order chi connectivity index (χ0) is 15.0. The highest BCUT2D eigenvalue weighted by Crippen LogP contribution is 2.30. The van der Waals surface area contributed by atoms with Crippen molar-refractivity contribution in [2.24, 2.45) is 0 Å². The van der Waals surface area contributed by atoms with Crippen molar-refractivity contribution in [2.75, 3.05) is 11.5 Å². The fraction of sp³-hybridized carbons (Fsp3) is 0.417. The number of carboxylic acid groups (broad SMARTS) is 1. The molecule has 0 bridgehead atoms. The number of carboxylic acids is 1. The van der Waals surface area contributed by atoms with Crippen LogP contribution >= 0.6 is 11.8 Å². The quantitative estimate of drug-likeness (QED) is 0.876. The van der Waals surface area contributed by atoms with Crippen molar-refractivity contribution in [1.82, 2.24) is 4.72 Å². The molecule has 1 unspecified atom stereocenters. The highest BCUT2D eigenvalue weighted by Gasteiger charge is 2.45. The Morgan fingerprint density at radius 1 is 1.50 bits per heavy atom. The maximum Gasteiger partial charge on any atom is 0.325 e. The van der Waals surface area contributed by atoms with Gasteiger partial charge in [0.1, 0.15) is 11.4 Å². The Bertz CT molecular complexity index is 639. The van der Waals surface area contributed by atoms with E-state index in [9.17, 15) is 22.7 Å². The summed E-state index contributed by atoms with van der Waals surface area (Å²) in [6.45, 7) is 1.52. The molecular formula is C12H14FNO4S2. The Morgan fingerprint density at radius 2 is 2.20 bits per heavy atom. The van der Waals surface area contributed by atoms with Gasteiger partial charge in [-0.3, -0.25) is 4.79 Å². The van der Waals surface area contributed by atoms with Gasteiger partial charge in [-0.1, -0.05) is 6.07 Å². The zero-order valence-corrected chi connectivity index (χ0v) is 12.4. The van der Waals surface area contributed by atoms with Gasteiger partial charge >= 0.3 is 5.97 Å². The smallest absolute Gasteiger partial charge is 0.325 e. The summed E-state index contributed by atoms with van der Waals surface area (Å²) in [5.74, 6) is -1.12. The number of nitrogens with one attached hydrogen (secondary N) is 1. The van der Waals surface area contributed by atoms with E-state index in [1.165, 1.54) is 30.8 Å². The number of hydrogen-bond donors (Lipinski definition) is 2. The lowest BCUT2D eigenvalue weighted by molar-refractivity contribution is -0.142. The van der Waals surface area contributed by atoms with Crippen LogP contribution in [0.25, 0.3) is 0 Å². The Morgan fingerprint density at radius 3 is 2.70 bits per heavy atom. The van der Waals surface area contributed by atoms with Crippen molar-refractivity contribution >= 4 is 27.8 Å². The average Bonchev–Trinajstić information content (AvgIpc) is 2.81. The van der Waals surface area contributed by atoms with E-state index in [4.69, 9.17) is 0 Å². The van der Waals surface area contributed by atoms with Crippen LogP contribution in [0.4, 0.5) is 4.39 Å². The van der Waals surface area contributed by atoms with Gasteiger partial charge in [-0.05, 0) is 36.8 Å². The van der Waals surface area contributed by atoms with Crippen LogP contribution in [0.5, 0.6) is 0 Å². The van der Waals surface area contributed by atoms with Crippen molar-refractivity contribution in [2.45, 2.75) is 23.8 Å². The van der Waals surface area contributed by atoms with E-state index in [0.29, 0.717) is 11.3 Å². The first-order valence-corrected chi connectivity index (χ1v) is 8.52. The molecule has 1 aliphatic heterocycles. The fourth-order valence-corrected chi connectivity index (χ4v) is 4.73. The van der Waals surface area contributed by atoms with Crippen molar-refractivity contribution in [1.29, 1.82) is 0 Å². The summed E-state index contributed by atoms with van der Waals surface area (Å²) in [6.07, 6.45) is 0.209. The molecule has 0 saturated carbocycles. The van der Waals surface area contributed by atoms with E-state index in [0.717, 1.165) is 6.07 Å². The lowest BCUT2D eigenvalue weighted by Gasteiger charge is -2.24. The number of halogens is 1. The predicted octanol–water partition coefficient (Wildman–Crippen LogP) is 1.37. The molecule has 1 heterocycles. The van der Waals surface area contributed by atoms with Gasteiger partial charge in [0, 0.05) is 5.75 Å². The maximum absolute atomic E-state index is 13.5. The van der Waals surface area contributed by atoms with E-state index in [1.54, 1.807) is 0 Å². The maximum atomic E-state index is 13.5. The third kappa shape index (κ3) is 2.82. The van der Waals surface area contributed by atoms with Gasteiger partial charge < -0.3 is 5.11 Å². The Kier molecular flexibility index (Phi) is 4.08. The first kappa shape index (κ1) is 15.3. The monoisotopic (exact) mass is 319 g/mol. The predicted molar refractivity (Wildman–Crippen MR) is 73.8 cm³/mol. The molecule has 0 aliphatic carbocycles. The summed E-state index contributed by atoms with van der Waals surface area (Å²) in [4.78, 5) is 11.1. The van der Waals surface area contributed by atoms with Gasteiger partial charge in [-0.15, -0.1) is 0 Å². The molecule has 2 rings (SSSR count). The summed E-state index contributed by atoms with van der Waals surface area (Å²) in [5.41, 5.74) is -1.18. The molecule has 1 saturated heterocycles. The van der Waals surface area contributed by atoms with Crippen molar-refractivity contribution in [3.63, 3.8) is 0 Å². The van der Waals surface area contributed by atoms with Crippen LogP contribution in [0, 0.1) is 12.7 Å². The molecule has 0 amide bonds. The number of aryl methyl sites for hydroxylation is 1. The number of benzene rings is 1. The molecule has 1 fully saturated rings. The van der Waals surface area contributed by atoms with E-state index >= 15 is 0 Å². The van der Waals surface area contributed by atoms with E-state index in [2.05, 4.69) is 4.72 Å². The summed E-state index contributed by atoms with van der Waals surface area (Å²) in [5, 5.41) is 9.26. The molecule has 0 spiro atoms. The van der Waals surface area contributed by atoms with Crippen molar-refractivity contribution in [3.05, 3.63) is 29.6 Å². The molecule has 110 valence electrons. The number of hydrogen-bond acceptors (Lipinski definition) is 4. The number of aliphatic carboxylic acids is 1. The van der Waals surface area contributed by atoms with Crippen LogP contribution in [0.1, 0.15) is 12.0 Å². The largest absolute Gasteiger partial charge is 0.480 e. The second-order valence-corrected chi connectivity index (χ2v) is 7.49. The Labute approximate surface area is 120 Å². The van der Waals surface area contributed by atoms with E-state index < -0.39 is 27.3 Å². The van der Waals surface area contributed by atoms with Crippen LogP contribution in [0.3, 0.4) is 0 Å². The standard InChI is InChI=1S/C12H14FNO4S2/c1-8-2-3-9(6-10(8)13)20(17,18)14-12(11(15)16)4-5-19-7-12/h2-3,6,14H,4-5,7H2,1H3,(H,15,16). The molecule has 2 N–H and O–H groups in total. The molecule has 1 aliphatic rings. The van der Waals surface area contributed by atoms with E-state index in [1.807, 2.05) is 0 Å². The number of carbonyl (C=O) groups is 1. The van der Waals surface area contributed by atoms with Crippen LogP contribution < -0.4 is 4.72 Å². The van der Waals surface area contributed by atoms with Crippen molar-refractivity contribution < 1.29 is 22.7 Å². The molecular weight excluding hydrogens is 305 g/mol. The molecule has 1 aromatic carbocycles. The topological polar surface area (TPSA) is 83.5 Å². The second kappa shape index (κ2) is 5.34. The highest BCUT2D eigenvalue weighted by atomic mass is 32.2. The minimum atomic E-state index is -4.07. The summed E-state index contributed by atoms with van der Waals surface area (Å²) < 4.78 is 40.1. The van der Waals surface area contributed by atoms with Gasteiger partial charge in [-0.25, -0.2) is 12.8 Å². The van der Waals surface area contributed by atoms with Crippen LogP contribution in [-0.2, 0) is 14.8 Å². The first-order valence-electron chi connectivity index (χ1n) is 5.88. The molecule has 1 atom stereocenters. The van der Waals surface area contributed by atoms with E-state index in [-0.39, 0.29) is 17.1 Å². The molecule has 0 radical (unpaired) electrons. The fourth-order valence-electron chi connectivity index (χ4n) is 1.91. The van der Waals surface area contributed by atoms with Crippen molar-refractivity contribution in [3.8, 4) is 0 Å². The number of sulfonamides is 1. The van der Waals surface area contributed by atoms with Crippen LogP contribution in [-0.4, -0.2) is 36.5 Å². The molecule has 1 aromatic rings. The van der Waals surface area contributed by atoms with Crippen LogP contribution in [0.2, 0.25) is 0 Å². The van der Waals surface area contributed by atoms with Crippen LogP contribution in [0.15, 0.2) is 23.1 Å². The van der Waals surface area contributed by atoms with Gasteiger partial charge in [0.15, 0.2) is 0 Å². The average molecular weight is 319 g/mol. The summed E-state index contributed by atoms with van der Waals surface area (Å²) in [6, 6.07) is 3.51. The normalized spacial score (nSPS) is 22.9. The second-order valence-electron chi connectivity index (χ2n) is 4.71. The molecule has 5 nitrogen and oxygen atoms in total. The Hall–Kier alpha value is -1.12. The first-order chi connectivity index (χ1) is 9.27. The number of thioether (sulfide) groups is 1. The van der Waals surface area contributed by atoms with Gasteiger partial charge in [0.2, 0.25) is 10.0 Å². The number of rotatable bonds is 4. The summed E-state index contributed by atoms with van der Waals surface area (Å²) >= 11 is 1.37. The van der Waals surface area contributed by atoms with Gasteiger partial charge in [-0.2, -0.15) is 16.5 Å². The molecule has 20 heavy (non-hydrogen) atoms. The summed E-state index contributed by atoms with van der Waals surface area (Å²) in [7, 11) is -4.07. The molecule has 0 aromatic heterocycles. The zero-order valence-electron chi connectivity index (χ0n) is 10.7. The third-order valence-electron chi connectivity index (χ3n) is 3.21. The van der Waals surface area contributed by atoms with Gasteiger partial charge in [0.05, 0.1) is 4.90 Å². The van der Waals surface area contributed by atoms with Gasteiger partial charge in [0.25, 0.3) is 0 Å². The minimum absolute atomic E-state index is 0.163. The molecule has 8 heteroatoms. The highest BCUT2D eigenvalue weighted by molar-refractivity contribution is 7.99. The lowest BCUT2D eigenvalue weighted by Crippen LogP contribution is -2.54. The third-order valence-corrected chi connectivity index (χ3v) is 5.94.